The fraction of sp³-hybridized carbons (Fsp3) is 0.143. The maximum Gasteiger partial charge on any atom is 0.132 e. The van der Waals surface area contributed by atoms with Crippen molar-refractivity contribution in [3.8, 4) is 11.3 Å². The van der Waals surface area contributed by atoms with Crippen molar-refractivity contribution in [2.45, 2.75) is 13.3 Å². The second-order valence-corrected chi connectivity index (χ2v) is 6.15. The molecule has 0 bridgehead atoms. The smallest absolute Gasteiger partial charge is 0.132 e. The molecule has 25 heavy (non-hydrogen) atoms. The van der Waals surface area contributed by atoms with Gasteiger partial charge in [0.25, 0.3) is 0 Å². The number of rotatable bonds is 5. The molecule has 0 aliphatic rings. The summed E-state index contributed by atoms with van der Waals surface area (Å²) in [6.07, 6.45) is 2.70. The molecule has 0 saturated heterocycles. The van der Waals surface area contributed by atoms with Crippen LogP contribution in [0.25, 0.3) is 11.3 Å². The van der Waals surface area contributed by atoms with Gasteiger partial charge in [-0.1, -0.05) is 54.9 Å². The first-order valence-corrected chi connectivity index (χ1v) is 8.71. The Balaban J connectivity index is 2.01. The molecule has 3 rings (SSSR count). The lowest BCUT2D eigenvalue weighted by molar-refractivity contribution is 0.899. The van der Waals surface area contributed by atoms with Gasteiger partial charge in [-0.2, -0.15) is 0 Å². The van der Waals surface area contributed by atoms with Crippen LogP contribution in [-0.4, -0.2) is 17.4 Å². The summed E-state index contributed by atoms with van der Waals surface area (Å²) >= 11 is 6.40. The second-order valence-electron chi connectivity index (χ2n) is 5.75. The molecule has 0 amide bonds. The van der Waals surface area contributed by atoms with Gasteiger partial charge in [0.2, 0.25) is 0 Å². The van der Waals surface area contributed by atoms with E-state index in [-0.39, 0.29) is 0 Å². The normalized spacial score (nSPS) is 10.5. The summed E-state index contributed by atoms with van der Waals surface area (Å²) in [5, 5.41) is 9.29. The summed E-state index contributed by atoms with van der Waals surface area (Å²) in [6.45, 7) is 2.87. The Morgan fingerprint density at radius 2 is 1.80 bits per heavy atom. The maximum absolute atomic E-state index is 8.63. The zero-order valence-electron chi connectivity index (χ0n) is 14.1. The highest BCUT2D eigenvalue weighted by molar-refractivity contribution is 6.33. The lowest BCUT2D eigenvalue weighted by Gasteiger charge is -2.26. The maximum atomic E-state index is 8.63. The van der Waals surface area contributed by atoms with Gasteiger partial charge in [-0.3, -0.25) is 10.4 Å². The van der Waals surface area contributed by atoms with E-state index < -0.39 is 0 Å². The van der Waals surface area contributed by atoms with Gasteiger partial charge >= 0.3 is 0 Å². The molecule has 0 atom stereocenters. The van der Waals surface area contributed by atoms with Crippen LogP contribution in [0.15, 0.2) is 72.9 Å². The summed E-state index contributed by atoms with van der Waals surface area (Å²) in [4.78, 5) is 6.41. The number of pyridine rings is 1. The van der Waals surface area contributed by atoms with Gasteiger partial charge in [0.05, 0.1) is 10.7 Å². The Hall–Kier alpha value is -2.65. The molecular formula is C21H20ClN3. The number of halogens is 1. The molecule has 3 aromatic rings. The molecular weight excluding hydrogens is 330 g/mol. The first kappa shape index (κ1) is 17.2. The highest BCUT2D eigenvalue weighted by atomic mass is 35.5. The highest BCUT2D eigenvalue weighted by Gasteiger charge is 2.15. The number of hydrogen-bond donors (Lipinski definition) is 1. The number of nitrogens with one attached hydrogen (secondary N) is 1. The average molecular weight is 350 g/mol. The van der Waals surface area contributed by atoms with Crippen molar-refractivity contribution in [2.24, 2.45) is 0 Å². The Morgan fingerprint density at radius 1 is 1.04 bits per heavy atom. The van der Waals surface area contributed by atoms with Crippen molar-refractivity contribution in [1.29, 1.82) is 5.41 Å². The third-order valence-corrected chi connectivity index (χ3v) is 4.30. The van der Waals surface area contributed by atoms with Crippen molar-refractivity contribution in [2.75, 3.05) is 11.4 Å². The quantitative estimate of drug-likeness (QED) is 0.478. The van der Waals surface area contributed by atoms with Gasteiger partial charge in [0, 0.05) is 29.6 Å². The summed E-state index contributed by atoms with van der Waals surface area (Å²) in [7, 11) is 0. The number of amidine groups is 1. The van der Waals surface area contributed by atoms with E-state index in [9.17, 15) is 0 Å². The Bertz CT molecular complexity index is 848. The lowest BCUT2D eigenvalue weighted by Crippen LogP contribution is -2.31. The van der Waals surface area contributed by atoms with E-state index in [1.165, 1.54) is 0 Å². The topological polar surface area (TPSA) is 40.0 Å². The van der Waals surface area contributed by atoms with Crippen LogP contribution < -0.4 is 4.90 Å². The van der Waals surface area contributed by atoms with Gasteiger partial charge in [-0.25, -0.2) is 0 Å². The van der Waals surface area contributed by atoms with Gasteiger partial charge in [0.15, 0.2) is 0 Å². The van der Waals surface area contributed by atoms with Crippen LogP contribution in [0.4, 0.5) is 5.69 Å². The zero-order chi connectivity index (χ0) is 17.6. The molecule has 0 radical (unpaired) electrons. The SMILES string of the molecule is CCCN(C(=N)c1ccccc1)c1ccc(Cl)c(-c2ccccn2)c1. The first-order chi connectivity index (χ1) is 12.2. The van der Waals surface area contributed by atoms with Crippen LogP contribution in [0.3, 0.4) is 0 Å². The summed E-state index contributed by atoms with van der Waals surface area (Å²) in [6, 6.07) is 21.4. The monoisotopic (exact) mass is 349 g/mol. The van der Waals surface area contributed by atoms with E-state index in [0.717, 1.165) is 35.5 Å². The molecule has 1 N–H and O–H groups in total. The summed E-state index contributed by atoms with van der Waals surface area (Å²) < 4.78 is 0. The van der Waals surface area contributed by atoms with E-state index in [2.05, 4.69) is 11.9 Å². The fourth-order valence-electron chi connectivity index (χ4n) is 2.74. The number of aromatic nitrogens is 1. The van der Waals surface area contributed by atoms with E-state index in [4.69, 9.17) is 17.0 Å². The minimum atomic E-state index is 0.483. The third kappa shape index (κ3) is 3.89. The van der Waals surface area contributed by atoms with Crippen molar-refractivity contribution in [3.63, 3.8) is 0 Å². The Kier molecular flexibility index (Phi) is 5.46. The largest absolute Gasteiger partial charge is 0.326 e. The molecule has 0 fully saturated rings. The summed E-state index contributed by atoms with van der Waals surface area (Å²) in [5.41, 5.74) is 3.55. The Labute approximate surface area is 153 Å². The number of hydrogen-bond acceptors (Lipinski definition) is 2. The molecule has 1 heterocycles. The van der Waals surface area contributed by atoms with E-state index in [1.807, 2.05) is 71.6 Å². The van der Waals surface area contributed by atoms with Crippen LogP contribution in [0.1, 0.15) is 18.9 Å². The van der Waals surface area contributed by atoms with E-state index >= 15 is 0 Å². The minimum Gasteiger partial charge on any atom is -0.326 e. The molecule has 1 aromatic heterocycles. The van der Waals surface area contributed by atoms with Crippen molar-refractivity contribution >= 4 is 23.1 Å². The molecule has 0 aliphatic heterocycles. The van der Waals surface area contributed by atoms with Gasteiger partial charge in [-0.15, -0.1) is 0 Å². The molecule has 0 saturated carbocycles. The van der Waals surface area contributed by atoms with Crippen LogP contribution in [0, 0.1) is 5.41 Å². The van der Waals surface area contributed by atoms with Crippen molar-refractivity contribution in [3.05, 3.63) is 83.5 Å². The fourth-order valence-corrected chi connectivity index (χ4v) is 2.96. The number of benzene rings is 2. The van der Waals surface area contributed by atoms with Crippen LogP contribution in [0.2, 0.25) is 5.02 Å². The predicted octanol–water partition coefficient (Wildman–Crippen LogP) is 5.64. The molecule has 0 unspecified atom stereocenters. The van der Waals surface area contributed by atoms with Crippen LogP contribution >= 0.6 is 11.6 Å². The molecule has 0 spiro atoms. The second kappa shape index (κ2) is 7.95. The van der Waals surface area contributed by atoms with Crippen LogP contribution in [-0.2, 0) is 0 Å². The Morgan fingerprint density at radius 3 is 2.48 bits per heavy atom. The minimum absolute atomic E-state index is 0.483. The predicted molar refractivity (Wildman–Crippen MR) is 106 cm³/mol. The third-order valence-electron chi connectivity index (χ3n) is 3.97. The summed E-state index contributed by atoms with van der Waals surface area (Å²) in [5.74, 6) is 0.483. The lowest BCUT2D eigenvalue weighted by atomic mass is 10.1. The van der Waals surface area contributed by atoms with Crippen LogP contribution in [0.5, 0.6) is 0 Å². The molecule has 2 aromatic carbocycles. The van der Waals surface area contributed by atoms with E-state index in [1.54, 1.807) is 6.20 Å². The molecule has 3 nitrogen and oxygen atoms in total. The van der Waals surface area contributed by atoms with Crippen molar-refractivity contribution in [1.82, 2.24) is 4.98 Å². The highest BCUT2D eigenvalue weighted by Crippen LogP contribution is 2.31. The number of nitrogens with zero attached hydrogens (tertiary/aromatic N) is 2. The van der Waals surface area contributed by atoms with Gasteiger partial charge in [-0.05, 0) is 36.8 Å². The molecule has 4 heteroatoms. The zero-order valence-corrected chi connectivity index (χ0v) is 14.9. The van der Waals surface area contributed by atoms with Gasteiger partial charge in [0.1, 0.15) is 5.84 Å². The molecule has 126 valence electrons. The van der Waals surface area contributed by atoms with E-state index in [0.29, 0.717) is 10.9 Å². The van der Waals surface area contributed by atoms with Gasteiger partial charge < -0.3 is 4.90 Å². The standard InChI is InChI=1S/C21H20ClN3/c1-2-14-25(21(23)16-8-4-3-5-9-16)17-11-12-19(22)18(15-17)20-10-6-7-13-24-20/h3-13,15,23H,2,14H2,1H3. The average Bonchev–Trinajstić information content (AvgIpc) is 2.67. The number of anilines is 1. The molecule has 0 aliphatic carbocycles. The van der Waals surface area contributed by atoms with Crippen molar-refractivity contribution < 1.29 is 0 Å². The first-order valence-electron chi connectivity index (χ1n) is 8.33.